The van der Waals surface area contributed by atoms with Gasteiger partial charge in [0.15, 0.2) is 0 Å². The molecule has 4 aliphatic carbocycles. The molecule has 0 aliphatic heterocycles. The van der Waals surface area contributed by atoms with Gasteiger partial charge in [0.2, 0.25) is 0 Å². The molecule has 2 nitrogen and oxygen atoms in total. The van der Waals surface area contributed by atoms with E-state index in [0.29, 0.717) is 0 Å². The zero-order valence-electron chi connectivity index (χ0n) is 42.5. The summed E-state index contributed by atoms with van der Waals surface area (Å²) < 4.78 is 0. The monoisotopic (exact) mass is 926 g/mol. The van der Waals surface area contributed by atoms with Gasteiger partial charge in [-0.25, -0.2) is 0 Å². The molecular formula is C70H58N2. The van der Waals surface area contributed by atoms with Crippen LogP contribution in [0.25, 0.3) is 55.3 Å². The summed E-state index contributed by atoms with van der Waals surface area (Å²) >= 11 is 0. The van der Waals surface area contributed by atoms with Crippen LogP contribution >= 0.6 is 0 Å². The van der Waals surface area contributed by atoms with Gasteiger partial charge in [0.05, 0.1) is 5.69 Å². The van der Waals surface area contributed by atoms with Gasteiger partial charge in [-0.1, -0.05) is 189 Å². The molecule has 0 unspecified atom stereocenters. The highest BCUT2D eigenvalue weighted by Gasteiger charge is 2.44. The quantitative estimate of drug-likeness (QED) is 0.164. The van der Waals surface area contributed by atoms with Gasteiger partial charge < -0.3 is 9.80 Å². The van der Waals surface area contributed by atoms with E-state index < -0.39 is 0 Å². The molecule has 348 valence electrons. The van der Waals surface area contributed by atoms with E-state index in [0.717, 1.165) is 11.4 Å². The molecule has 0 saturated carbocycles. The SMILES string of the molecule is CC1(C)c2ccccc2-c2cc(N(c3ccccc3)c3ccc4c(c3)C(C)(C)c3cc5c(cc3-4)-c3c(cc(N(c4ccccc4)c4ccc6c(c4)-c4ccccc4C6(C)C)c4ccccc34)C5(C)C)ccc21. The maximum absolute atomic E-state index is 2.59. The minimum atomic E-state index is -0.261. The van der Waals surface area contributed by atoms with E-state index in [2.05, 4.69) is 271 Å². The molecule has 0 fully saturated rings. The highest BCUT2D eigenvalue weighted by Crippen LogP contribution is 2.60. The summed E-state index contributed by atoms with van der Waals surface area (Å²) in [5.41, 5.74) is 28.2. The predicted molar refractivity (Wildman–Crippen MR) is 304 cm³/mol. The van der Waals surface area contributed by atoms with E-state index in [4.69, 9.17) is 0 Å². The van der Waals surface area contributed by atoms with E-state index in [1.54, 1.807) is 0 Å². The van der Waals surface area contributed by atoms with Crippen LogP contribution in [0.3, 0.4) is 0 Å². The molecule has 10 aromatic rings. The largest absolute Gasteiger partial charge is 0.310 e. The van der Waals surface area contributed by atoms with Crippen LogP contribution in [-0.2, 0) is 21.7 Å². The smallest absolute Gasteiger partial charge is 0.0543 e. The van der Waals surface area contributed by atoms with Crippen LogP contribution in [0.5, 0.6) is 0 Å². The fraction of sp³-hybridized carbons (Fsp3) is 0.171. The van der Waals surface area contributed by atoms with Crippen molar-refractivity contribution in [3.8, 4) is 44.5 Å². The summed E-state index contributed by atoms with van der Waals surface area (Å²) in [4.78, 5) is 4.96. The highest BCUT2D eigenvalue weighted by molar-refractivity contribution is 6.11. The Morgan fingerprint density at radius 3 is 1.25 bits per heavy atom. The molecule has 4 aliphatic rings. The first-order valence-corrected chi connectivity index (χ1v) is 25.8. The molecule has 10 aromatic carbocycles. The standard InChI is InChI=1S/C70H58N2/c1-67(2)57-29-19-17-25-48(57)53-37-45(32-35-59(53)67)71(43-21-11-9-12-22-43)47-31-34-50-55-40-56-63(41-62(55)69(5,6)61(50)39-47)70(7,8)64-42-65(51-27-15-16-28-52(51)66(56)64)72(44-23-13-10-14-24-44)46-33-36-60-54(38-46)49-26-18-20-30-58(49)68(60,3)4/h9-42H,1-8H3. The van der Waals surface area contributed by atoms with Crippen molar-refractivity contribution in [2.45, 2.75) is 77.0 Å². The predicted octanol–water partition coefficient (Wildman–Crippen LogP) is 19.0. The summed E-state index contributed by atoms with van der Waals surface area (Å²) in [7, 11) is 0. The average Bonchev–Trinajstić information content (AvgIpc) is 3.96. The number of benzene rings is 10. The van der Waals surface area contributed by atoms with Crippen LogP contribution in [0.15, 0.2) is 206 Å². The lowest BCUT2D eigenvalue weighted by atomic mass is 9.77. The lowest BCUT2D eigenvalue weighted by molar-refractivity contribution is 0.639. The average molecular weight is 927 g/mol. The fourth-order valence-corrected chi connectivity index (χ4v) is 13.8. The van der Waals surface area contributed by atoms with Crippen molar-refractivity contribution in [3.05, 3.63) is 251 Å². The minimum Gasteiger partial charge on any atom is -0.310 e. The Bertz CT molecular complexity index is 3920. The van der Waals surface area contributed by atoms with E-state index in [9.17, 15) is 0 Å². The van der Waals surface area contributed by atoms with Crippen molar-refractivity contribution >= 4 is 44.9 Å². The molecule has 0 bridgehead atoms. The van der Waals surface area contributed by atoms with E-state index >= 15 is 0 Å². The first-order valence-electron chi connectivity index (χ1n) is 25.8. The topological polar surface area (TPSA) is 6.48 Å². The maximum atomic E-state index is 2.59. The molecule has 0 amide bonds. The lowest BCUT2D eigenvalue weighted by Crippen LogP contribution is -2.20. The van der Waals surface area contributed by atoms with Gasteiger partial charge in [-0.3, -0.25) is 0 Å². The molecule has 0 atom stereocenters. The Morgan fingerprint density at radius 2 is 0.639 bits per heavy atom. The Morgan fingerprint density at radius 1 is 0.236 bits per heavy atom. The fourth-order valence-electron chi connectivity index (χ4n) is 13.8. The zero-order valence-corrected chi connectivity index (χ0v) is 42.5. The van der Waals surface area contributed by atoms with Gasteiger partial charge in [-0.2, -0.15) is 0 Å². The van der Waals surface area contributed by atoms with Crippen LogP contribution in [-0.4, -0.2) is 0 Å². The van der Waals surface area contributed by atoms with Crippen LogP contribution in [0.4, 0.5) is 34.1 Å². The molecule has 0 N–H and O–H groups in total. The molecule has 0 radical (unpaired) electrons. The number of nitrogens with zero attached hydrogens (tertiary/aromatic N) is 2. The van der Waals surface area contributed by atoms with Gasteiger partial charge in [-0.05, 0) is 167 Å². The molecule has 0 aromatic heterocycles. The third-order valence-electron chi connectivity index (χ3n) is 17.6. The van der Waals surface area contributed by atoms with Crippen molar-refractivity contribution in [3.63, 3.8) is 0 Å². The molecule has 14 rings (SSSR count). The van der Waals surface area contributed by atoms with Crippen molar-refractivity contribution in [1.29, 1.82) is 0 Å². The van der Waals surface area contributed by atoms with Crippen molar-refractivity contribution < 1.29 is 0 Å². The van der Waals surface area contributed by atoms with Crippen LogP contribution < -0.4 is 9.80 Å². The molecule has 72 heavy (non-hydrogen) atoms. The molecule has 0 saturated heterocycles. The van der Waals surface area contributed by atoms with Gasteiger partial charge in [0, 0.05) is 55.5 Å². The van der Waals surface area contributed by atoms with E-state index in [1.165, 1.54) is 123 Å². The van der Waals surface area contributed by atoms with Crippen molar-refractivity contribution in [1.82, 2.24) is 0 Å². The summed E-state index contributed by atoms with van der Waals surface area (Å²) in [6.07, 6.45) is 0. The van der Waals surface area contributed by atoms with Gasteiger partial charge in [0.1, 0.15) is 0 Å². The molecule has 0 spiro atoms. The molecule has 2 heteroatoms. The third kappa shape index (κ3) is 5.78. The Kier molecular flexibility index (Phi) is 8.82. The van der Waals surface area contributed by atoms with Crippen molar-refractivity contribution in [2.24, 2.45) is 0 Å². The Hall–Kier alpha value is -7.94. The first-order chi connectivity index (χ1) is 34.7. The molecule has 0 heterocycles. The maximum Gasteiger partial charge on any atom is 0.0543 e. The van der Waals surface area contributed by atoms with E-state index in [-0.39, 0.29) is 21.7 Å². The van der Waals surface area contributed by atoms with Gasteiger partial charge >= 0.3 is 0 Å². The Balaban J connectivity index is 0.915. The highest BCUT2D eigenvalue weighted by atomic mass is 15.1. The number of hydrogen-bond acceptors (Lipinski definition) is 2. The number of hydrogen-bond donors (Lipinski definition) is 0. The summed E-state index contributed by atoms with van der Waals surface area (Å²) in [5.74, 6) is 0. The van der Waals surface area contributed by atoms with Gasteiger partial charge in [0.25, 0.3) is 0 Å². The van der Waals surface area contributed by atoms with Crippen LogP contribution in [0.2, 0.25) is 0 Å². The van der Waals surface area contributed by atoms with Crippen LogP contribution in [0, 0.1) is 0 Å². The summed E-state index contributed by atoms with van der Waals surface area (Å²) in [6, 6.07) is 78.1. The van der Waals surface area contributed by atoms with E-state index in [1.807, 2.05) is 0 Å². The number of fused-ring (bicyclic) bond motifs is 14. The van der Waals surface area contributed by atoms with Gasteiger partial charge in [-0.15, -0.1) is 0 Å². The number of anilines is 6. The molecular weight excluding hydrogens is 869 g/mol. The van der Waals surface area contributed by atoms with Crippen molar-refractivity contribution in [2.75, 3.05) is 9.80 Å². The van der Waals surface area contributed by atoms with Crippen LogP contribution in [0.1, 0.15) is 99.9 Å². The number of rotatable bonds is 6. The summed E-state index contributed by atoms with van der Waals surface area (Å²) in [6.45, 7) is 19.2. The minimum absolute atomic E-state index is 0.0497. The second kappa shape index (κ2) is 14.8. The third-order valence-corrected chi connectivity index (χ3v) is 17.6. The second-order valence-corrected chi connectivity index (χ2v) is 22.9. The number of para-hydroxylation sites is 2. The second-order valence-electron chi connectivity index (χ2n) is 22.9. The normalized spacial score (nSPS) is 15.9. The lowest BCUT2D eigenvalue weighted by Gasteiger charge is -2.30. The Labute approximate surface area is 424 Å². The first kappa shape index (κ1) is 42.9. The summed E-state index contributed by atoms with van der Waals surface area (Å²) in [5, 5.41) is 2.53. The zero-order chi connectivity index (χ0) is 49.1.